The number of alkyl carbamates (subject to hydrolysis) is 1. The lowest BCUT2D eigenvalue weighted by Gasteiger charge is -2.34. The Morgan fingerprint density at radius 2 is 1.82 bits per heavy atom. The number of halogens is 2. The number of anilines is 1. The molecule has 7 aliphatic rings. The van der Waals surface area contributed by atoms with Crippen LogP contribution in [0.1, 0.15) is 119 Å². The van der Waals surface area contributed by atoms with Crippen molar-refractivity contribution in [1.29, 1.82) is 0 Å². The van der Waals surface area contributed by atoms with E-state index in [0.717, 1.165) is 79.8 Å². The molecule has 5 unspecified atom stereocenters. The topological polar surface area (TPSA) is 189 Å². The Morgan fingerprint density at radius 1 is 0.976 bits per heavy atom. The van der Waals surface area contributed by atoms with Crippen LogP contribution in [0.25, 0.3) is 43.8 Å². The lowest BCUT2D eigenvalue weighted by atomic mass is 9.88. The number of terminal acetylenes is 1. The van der Waals surface area contributed by atoms with Crippen LogP contribution in [0.5, 0.6) is 6.01 Å². The second kappa shape index (κ2) is 21.5. The van der Waals surface area contributed by atoms with Gasteiger partial charge >= 0.3 is 18.1 Å². The van der Waals surface area contributed by atoms with Crippen molar-refractivity contribution in [3.63, 3.8) is 0 Å². The molecule has 3 aliphatic carbocycles. The van der Waals surface area contributed by atoms with E-state index in [-0.39, 0.29) is 96.7 Å². The van der Waals surface area contributed by atoms with Crippen molar-refractivity contribution in [3.05, 3.63) is 95.3 Å². The first-order valence-corrected chi connectivity index (χ1v) is 29.1. The van der Waals surface area contributed by atoms with Gasteiger partial charge in [0.25, 0.3) is 0 Å². The number of carbonyl (C=O) groups is 4. The molecule has 0 radical (unpaired) electrons. The van der Waals surface area contributed by atoms with Crippen molar-refractivity contribution in [2.75, 3.05) is 44.3 Å². The molecule has 3 aromatic heterocycles. The number of benzene rings is 3. The number of pyridine rings is 1. The lowest BCUT2D eigenvalue weighted by molar-refractivity contribution is -0.136. The number of carbonyl (C=O) groups excluding carboxylic acids is 4. The zero-order valence-electron chi connectivity index (χ0n) is 46.2. The summed E-state index contributed by atoms with van der Waals surface area (Å²) in [5.74, 6) is 2.35. The number of imide groups is 1. The molecule has 19 heteroatoms. The van der Waals surface area contributed by atoms with Crippen LogP contribution in [-0.4, -0.2) is 128 Å². The van der Waals surface area contributed by atoms with Gasteiger partial charge in [-0.3, -0.25) is 39.4 Å². The van der Waals surface area contributed by atoms with Crippen molar-refractivity contribution < 1.29 is 37.4 Å². The number of aliphatic imine (C=N–C) groups is 1. The highest BCUT2D eigenvalue weighted by molar-refractivity contribution is 6.09. The first kappa shape index (κ1) is 53.5. The third kappa shape index (κ3) is 9.69. The summed E-state index contributed by atoms with van der Waals surface area (Å²) in [7, 11) is 1.85. The van der Waals surface area contributed by atoms with E-state index in [9.17, 15) is 19.2 Å². The molecule has 4 aliphatic heterocycles. The second-order valence-electron chi connectivity index (χ2n) is 24.0. The second-order valence-corrected chi connectivity index (χ2v) is 24.0. The average Bonchev–Trinajstić information content (AvgIpc) is 4.02. The minimum atomic E-state index is -0.669. The van der Waals surface area contributed by atoms with Crippen LogP contribution in [0.4, 0.5) is 24.2 Å². The van der Waals surface area contributed by atoms with Gasteiger partial charge in [0.05, 0.1) is 22.3 Å². The third-order valence-corrected chi connectivity index (χ3v) is 19.3. The molecule has 13 rings (SSSR count). The smallest absolute Gasteiger partial charge is 0.407 e. The summed E-state index contributed by atoms with van der Waals surface area (Å²) in [6.45, 7) is 10.8. The summed E-state index contributed by atoms with van der Waals surface area (Å²) in [5, 5.41) is 12.5. The van der Waals surface area contributed by atoms with E-state index in [1.54, 1.807) is 29.1 Å². The number of rotatable bonds is 12. The van der Waals surface area contributed by atoms with Gasteiger partial charge in [-0.15, -0.1) is 6.42 Å². The standard InChI is InChI=1S/C63H67F2N11O6/c1-5-43-49(64)18-15-37-9-8-12-46(52(37)43)56-54(65)57-48(31-67-56)55(53-44-11-7-6-10-40(66-3)29-47(44)53)70-60(71-57)82-34-63-23-19-42(76(63)32-35(2)30-63)33-81-62(80)68-41-16-13-39(27-41)59(78)74-24-20-36(21-25-74)38-14-17-45-50(28-38)73(4)72-58(45)75-26-22-51(77)69-61(75)79/h1,8-9,12,14-15,17-18,28,31,36,39-42,44,47,53H,2-3,6-7,10-11,13,16,19-27,29-30,32-34H2,4H3,(H,68,80)(H,69,77,79)/t39?,40-,41?,42-,44?,47?,53?,63-/m0/s1. The van der Waals surface area contributed by atoms with Gasteiger partial charge in [-0.2, -0.15) is 15.1 Å². The highest BCUT2D eigenvalue weighted by atomic mass is 19.1. The Hall–Kier alpha value is -7.85. The molecule has 6 aromatic rings. The quantitative estimate of drug-likeness (QED) is 0.0674. The SMILES string of the molecule is C#Cc1c(F)ccc2cccc(-c3ncc4c(C5C6CCCC[C@H](N=C)CC65)nc(OC[C@@]56CC[C@@H](COC(=O)NC7CCC(C(=O)N8CCC(c9ccc%10c(N%11CCC(=O)NC%11=O)nn(C)c%10c9)CC8)C7)N5CC(=C)C6)nc4c3F)c12. The molecule has 7 heterocycles. The largest absolute Gasteiger partial charge is 0.461 e. The van der Waals surface area contributed by atoms with Crippen molar-refractivity contribution in [1.82, 2.24) is 45.2 Å². The summed E-state index contributed by atoms with van der Waals surface area (Å²) >= 11 is 0. The van der Waals surface area contributed by atoms with Gasteiger partial charge in [0.1, 0.15) is 30.2 Å². The predicted octanol–water partition coefficient (Wildman–Crippen LogP) is 9.64. The van der Waals surface area contributed by atoms with Crippen LogP contribution in [-0.2, 0) is 21.4 Å². The number of nitrogens with zero attached hydrogens (tertiary/aromatic N) is 9. The summed E-state index contributed by atoms with van der Waals surface area (Å²) in [4.78, 5) is 76.6. The van der Waals surface area contributed by atoms with E-state index in [4.69, 9.17) is 30.8 Å². The van der Waals surface area contributed by atoms with Crippen molar-refractivity contribution >= 4 is 69.1 Å². The Bertz CT molecular complexity index is 3670. The van der Waals surface area contributed by atoms with Crippen molar-refractivity contribution in [2.45, 2.75) is 125 Å². The van der Waals surface area contributed by atoms with Gasteiger partial charge in [0, 0.05) is 97.5 Å². The van der Waals surface area contributed by atoms with E-state index in [1.165, 1.54) is 11.0 Å². The van der Waals surface area contributed by atoms with Crippen LogP contribution in [0.2, 0.25) is 0 Å². The lowest BCUT2D eigenvalue weighted by Crippen LogP contribution is -2.49. The maximum atomic E-state index is 17.4. The van der Waals surface area contributed by atoms with Crippen LogP contribution >= 0.6 is 0 Å². The molecular formula is C63H67F2N11O6. The van der Waals surface area contributed by atoms with Gasteiger partial charge < -0.3 is 19.7 Å². The Morgan fingerprint density at radius 3 is 2.63 bits per heavy atom. The van der Waals surface area contributed by atoms with Crippen LogP contribution in [0.3, 0.4) is 0 Å². The molecule has 7 fully saturated rings. The summed E-state index contributed by atoms with van der Waals surface area (Å²) in [6, 6.07) is 13.9. The molecule has 3 saturated carbocycles. The molecule has 424 valence electrons. The number of hydrogen-bond donors (Lipinski definition) is 2. The Balaban J connectivity index is 0.647. The van der Waals surface area contributed by atoms with Gasteiger partial charge in [-0.25, -0.2) is 18.4 Å². The molecule has 0 bridgehead atoms. The Kier molecular flexibility index (Phi) is 14.0. The number of nitrogens with one attached hydrogen (secondary N) is 2. The molecular weight excluding hydrogens is 1040 g/mol. The number of likely N-dealkylation sites (tertiary alicyclic amines) is 1. The number of ether oxygens (including phenoxy) is 2. The fourth-order valence-corrected chi connectivity index (χ4v) is 15.0. The highest BCUT2D eigenvalue weighted by Gasteiger charge is 2.54. The van der Waals surface area contributed by atoms with Gasteiger partial charge in [0.15, 0.2) is 11.6 Å². The molecule has 82 heavy (non-hydrogen) atoms. The molecule has 3 aromatic carbocycles. The third-order valence-electron chi connectivity index (χ3n) is 19.3. The Labute approximate surface area is 474 Å². The predicted molar refractivity (Wildman–Crippen MR) is 306 cm³/mol. The number of aromatic nitrogens is 5. The zero-order valence-corrected chi connectivity index (χ0v) is 46.2. The van der Waals surface area contributed by atoms with E-state index < -0.39 is 29.3 Å². The highest BCUT2D eigenvalue weighted by Crippen LogP contribution is 2.61. The monoisotopic (exact) mass is 1110 g/mol. The van der Waals surface area contributed by atoms with Crippen LogP contribution in [0, 0.1) is 41.7 Å². The summed E-state index contributed by atoms with van der Waals surface area (Å²) in [6.07, 6.45) is 18.0. The summed E-state index contributed by atoms with van der Waals surface area (Å²) < 4.78 is 47.0. The molecule has 8 atom stereocenters. The number of piperidine rings is 1. The van der Waals surface area contributed by atoms with E-state index >= 15 is 8.78 Å². The van der Waals surface area contributed by atoms with Crippen LogP contribution in [0.15, 0.2) is 71.9 Å². The maximum absolute atomic E-state index is 17.4. The zero-order chi connectivity index (χ0) is 56.6. The molecule has 4 saturated heterocycles. The number of fused-ring (bicyclic) bond motifs is 5. The van der Waals surface area contributed by atoms with Gasteiger partial charge in [-0.05, 0) is 124 Å². The minimum absolute atomic E-state index is 0.00392. The van der Waals surface area contributed by atoms with E-state index in [1.807, 2.05) is 24.1 Å². The van der Waals surface area contributed by atoms with E-state index in [2.05, 4.69) is 57.0 Å². The van der Waals surface area contributed by atoms with E-state index in [0.29, 0.717) is 90.4 Å². The number of aryl methyl sites for hydroxylation is 1. The number of urea groups is 1. The fraction of sp³-hybridized carbons (Fsp3) is 0.476. The minimum Gasteiger partial charge on any atom is -0.461 e. The maximum Gasteiger partial charge on any atom is 0.407 e. The molecule has 2 N–H and O–H groups in total. The van der Waals surface area contributed by atoms with Crippen LogP contribution < -0.4 is 20.3 Å². The van der Waals surface area contributed by atoms with Gasteiger partial charge in [0.2, 0.25) is 11.8 Å². The number of hydrogen-bond acceptors (Lipinski definition) is 12. The molecule has 17 nitrogen and oxygen atoms in total. The molecule has 5 amide bonds. The normalized spacial score (nSPS) is 26.8. The summed E-state index contributed by atoms with van der Waals surface area (Å²) in [5.41, 5.74) is 3.80. The number of amides is 5. The van der Waals surface area contributed by atoms with Crippen molar-refractivity contribution in [3.8, 4) is 29.6 Å². The fourth-order valence-electron chi connectivity index (χ4n) is 15.0. The average molecular weight is 1110 g/mol. The van der Waals surface area contributed by atoms with Gasteiger partial charge in [-0.1, -0.05) is 61.2 Å². The molecule has 0 spiro atoms. The first-order chi connectivity index (χ1) is 39.8. The first-order valence-electron chi connectivity index (χ1n) is 29.1. The van der Waals surface area contributed by atoms with Crippen molar-refractivity contribution in [2.24, 2.45) is 29.8 Å².